The Morgan fingerprint density at radius 1 is 1.15 bits per heavy atom. The molecule has 0 fully saturated rings. The van der Waals surface area contributed by atoms with Gasteiger partial charge in [-0.1, -0.05) is 26.0 Å². The summed E-state index contributed by atoms with van der Waals surface area (Å²) in [7, 11) is 0. The third kappa shape index (κ3) is 4.53. The van der Waals surface area contributed by atoms with Crippen LogP contribution in [0.4, 0.5) is 4.39 Å². The largest absolute Gasteiger partial charge is 0.349 e. The first kappa shape index (κ1) is 19.1. The highest BCUT2D eigenvalue weighted by Crippen LogP contribution is 2.21. The Balaban J connectivity index is 1.76. The van der Waals surface area contributed by atoms with Crippen LogP contribution < -0.4 is 10.6 Å². The standard InChI is InChI=1S/C20H25FN4O2/c1-13(2)11-22-20(27)18-24-17(16-5-3-4-10-25(16)18)19(26)23-12-14-6-8-15(21)9-7-14/h6-9,13H,3-5,10-12H2,1-2H3,(H,22,27)(H,23,26). The van der Waals surface area contributed by atoms with E-state index in [1.165, 1.54) is 12.1 Å². The molecule has 7 heteroatoms. The Bertz CT molecular complexity index is 827. The normalized spacial score (nSPS) is 13.3. The van der Waals surface area contributed by atoms with Gasteiger partial charge in [0.1, 0.15) is 11.5 Å². The SMILES string of the molecule is CC(C)CNC(=O)c1nc(C(=O)NCc2ccc(F)cc2)c2n1CCCC2. The van der Waals surface area contributed by atoms with Crippen molar-refractivity contribution in [2.24, 2.45) is 5.92 Å². The molecule has 2 heterocycles. The van der Waals surface area contributed by atoms with E-state index >= 15 is 0 Å². The second kappa shape index (κ2) is 8.33. The van der Waals surface area contributed by atoms with Crippen LogP contribution in [0.5, 0.6) is 0 Å². The number of benzene rings is 1. The molecule has 27 heavy (non-hydrogen) atoms. The molecule has 2 amide bonds. The topological polar surface area (TPSA) is 76.0 Å². The first-order chi connectivity index (χ1) is 13.0. The van der Waals surface area contributed by atoms with Crippen molar-refractivity contribution >= 4 is 11.8 Å². The number of fused-ring (bicyclic) bond motifs is 1. The molecule has 0 unspecified atom stereocenters. The number of hydrogen-bond acceptors (Lipinski definition) is 3. The van der Waals surface area contributed by atoms with E-state index in [9.17, 15) is 14.0 Å². The Labute approximate surface area is 158 Å². The van der Waals surface area contributed by atoms with Gasteiger partial charge in [0.15, 0.2) is 5.82 Å². The summed E-state index contributed by atoms with van der Waals surface area (Å²) in [5.74, 6) is -0.233. The Hall–Kier alpha value is -2.70. The maximum Gasteiger partial charge on any atom is 0.287 e. The molecule has 0 radical (unpaired) electrons. The van der Waals surface area contributed by atoms with E-state index in [0.29, 0.717) is 30.5 Å². The number of imidazole rings is 1. The fourth-order valence-corrected chi connectivity index (χ4v) is 3.14. The molecule has 3 rings (SSSR count). The molecular formula is C20H25FN4O2. The zero-order valence-corrected chi connectivity index (χ0v) is 15.7. The van der Waals surface area contributed by atoms with Crippen molar-refractivity contribution < 1.29 is 14.0 Å². The van der Waals surface area contributed by atoms with Crippen LogP contribution in [0.15, 0.2) is 24.3 Å². The van der Waals surface area contributed by atoms with Gasteiger partial charge in [0.05, 0.1) is 5.69 Å². The monoisotopic (exact) mass is 372 g/mol. The average Bonchev–Trinajstić information content (AvgIpc) is 3.05. The predicted octanol–water partition coefficient (Wildman–Crippen LogP) is 2.67. The van der Waals surface area contributed by atoms with Gasteiger partial charge in [-0.15, -0.1) is 0 Å². The van der Waals surface area contributed by atoms with Gasteiger partial charge in [-0.05, 0) is 42.9 Å². The van der Waals surface area contributed by atoms with Gasteiger partial charge in [0.25, 0.3) is 11.8 Å². The number of nitrogens with one attached hydrogen (secondary N) is 2. The highest BCUT2D eigenvalue weighted by Gasteiger charge is 2.27. The van der Waals surface area contributed by atoms with Crippen molar-refractivity contribution in [1.29, 1.82) is 0 Å². The van der Waals surface area contributed by atoms with Gasteiger partial charge in [0.2, 0.25) is 0 Å². The molecule has 144 valence electrons. The molecule has 1 aromatic carbocycles. The van der Waals surface area contributed by atoms with Crippen LogP contribution in [0.1, 0.15) is 59.1 Å². The van der Waals surface area contributed by atoms with Crippen LogP contribution in [-0.2, 0) is 19.5 Å². The molecule has 2 aromatic rings. The number of rotatable bonds is 6. The highest BCUT2D eigenvalue weighted by molar-refractivity contribution is 5.97. The molecular weight excluding hydrogens is 347 g/mol. The summed E-state index contributed by atoms with van der Waals surface area (Å²) in [6.07, 6.45) is 2.66. The number of amides is 2. The van der Waals surface area contributed by atoms with Crippen LogP contribution >= 0.6 is 0 Å². The lowest BCUT2D eigenvalue weighted by Gasteiger charge is -2.17. The number of nitrogens with zero attached hydrogens (tertiary/aromatic N) is 2. The van der Waals surface area contributed by atoms with E-state index < -0.39 is 0 Å². The third-order valence-electron chi connectivity index (χ3n) is 4.57. The molecule has 0 saturated heterocycles. The molecule has 1 aromatic heterocycles. The van der Waals surface area contributed by atoms with Crippen molar-refractivity contribution in [3.05, 3.63) is 52.9 Å². The number of carbonyl (C=O) groups excluding carboxylic acids is 2. The lowest BCUT2D eigenvalue weighted by molar-refractivity contribution is 0.0933. The van der Waals surface area contributed by atoms with E-state index in [0.717, 1.165) is 30.5 Å². The van der Waals surface area contributed by atoms with Gasteiger partial charge >= 0.3 is 0 Å². The van der Waals surface area contributed by atoms with Crippen LogP contribution in [0.3, 0.4) is 0 Å². The minimum Gasteiger partial charge on any atom is -0.349 e. The van der Waals surface area contributed by atoms with Crippen LogP contribution in [0, 0.1) is 11.7 Å². The lowest BCUT2D eigenvalue weighted by Crippen LogP contribution is -2.30. The maximum absolute atomic E-state index is 13.0. The minimum absolute atomic E-state index is 0.246. The van der Waals surface area contributed by atoms with Crippen molar-refractivity contribution in [2.75, 3.05) is 6.54 Å². The summed E-state index contributed by atoms with van der Waals surface area (Å²) < 4.78 is 14.9. The van der Waals surface area contributed by atoms with Crippen molar-refractivity contribution in [3.8, 4) is 0 Å². The molecule has 0 atom stereocenters. The van der Waals surface area contributed by atoms with Crippen LogP contribution in [0.25, 0.3) is 0 Å². The number of aromatic nitrogens is 2. The Morgan fingerprint density at radius 3 is 2.59 bits per heavy atom. The Morgan fingerprint density at radius 2 is 1.89 bits per heavy atom. The Kier molecular flexibility index (Phi) is 5.88. The molecule has 6 nitrogen and oxygen atoms in total. The lowest BCUT2D eigenvalue weighted by atomic mass is 10.1. The summed E-state index contributed by atoms with van der Waals surface area (Å²) in [6.45, 7) is 5.58. The molecule has 0 bridgehead atoms. The minimum atomic E-state index is -0.315. The summed E-state index contributed by atoms with van der Waals surface area (Å²) in [6, 6.07) is 5.97. The third-order valence-corrected chi connectivity index (χ3v) is 4.57. The molecule has 1 aliphatic rings. The number of halogens is 1. The number of carbonyl (C=O) groups is 2. The van der Waals surface area contributed by atoms with Gasteiger partial charge < -0.3 is 15.2 Å². The maximum atomic E-state index is 13.0. The van der Waals surface area contributed by atoms with E-state index in [1.807, 2.05) is 18.4 Å². The summed E-state index contributed by atoms with van der Waals surface area (Å²) in [5, 5.41) is 5.69. The van der Waals surface area contributed by atoms with E-state index in [1.54, 1.807) is 12.1 Å². The zero-order chi connectivity index (χ0) is 19.4. The van der Waals surface area contributed by atoms with Crippen LogP contribution in [-0.4, -0.2) is 27.9 Å². The van der Waals surface area contributed by atoms with Gasteiger partial charge in [0, 0.05) is 19.6 Å². The second-order valence-electron chi connectivity index (χ2n) is 7.25. The zero-order valence-electron chi connectivity index (χ0n) is 15.7. The first-order valence-corrected chi connectivity index (χ1v) is 9.36. The highest BCUT2D eigenvalue weighted by atomic mass is 19.1. The molecule has 1 aliphatic heterocycles. The number of hydrogen-bond donors (Lipinski definition) is 2. The molecule has 0 aliphatic carbocycles. The van der Waals surface area contributed by atoms with Gasteiger partial charge in [-0.2, -0.15) is 0 Å². The van der Waals surface area contributed by atoms with E-state index in [4.69, 9.17) is 0 Å². The second-order valence-corrected chi connectivity index (χ2v) is 7.25. The smallest absolute Gasteiger partial charge is 0.287 e. The quantitative estimate of drug-likeness (QED) is 0.819. The van der Waals surface area contributed by atoms with Crippen molar-refractivity contribution in [3.63, 3.8) is 0 Å². The van der Waals surface area contributed by atoms with E-state index in [2.05, 4.69) is 15.6 Å². The van der Waals surface area contributed by atoms with Crippen molar-refractivity contribution in [1.82, 2.24) is 20.2 Å². The van der Waals surface area contributed by atoms with Crippen molar-refractivity contribution in [2.45, 2.75) is 46.2 Å². The fraction of sp³-hybridized carbons (Fsp3) is 0.450. The molecule has 0 saturated carbocycles. The summed E-state index contributed by atoms with van der Waals surface area (Å²) >= 11 is 0. The first-order valence-electron chi connectivity index (χ1n) is 9.36. The summed E-state index contributed by atoms with van der Waals surface area (Å²) in [5.41, 5.74) is 1.92. The predicted molar refractivity (Wildman–Crippen MR) is 99.9 cm³/mol. The van der Waals surface area contributed by atoms with Gasteiger partial charge in [-0.3, -0.25) is 9.59 Å². The molecule has 0 spiro atoms. The van der Waals surface area contributed by atoms with Gasteiger partial charge in [-0.25, -0.2) is 9.37 Å². The molecule has 2 N–H and O–H groups in total. The van der Waals surface area contributed by atoms with E-state index in [-0.39, 0.29) is 24.2 Å². The fourth-order valence-electron chi connectivity index (χ4n) is 3.14. The average molecular weight is 372 g/mol. The van der Waals surface area contributed by atoms with Crippen LogP contribution in [0.2, 0.25) is 0 Å². The summed E-state index contributed by atoms with van der Waals surface area (Å²) in [4.78, 5) is 29.5.